The summed E-state index contributed by atoms with van der Waals surface area (Å²) < 4.78 is 38.1. The van der Waals surface area contributed by atoms with Crippen LogP contribution in [0.25, 0.3) is 0 Å². The third-order valence-electron chi connectivity index (χ3n) is 4.72. The van der Waals surface area contributed by atoms with Gasteiger partial charge in [0, 0.05) is 31.3 Å². The Labute approximate surface area is 181 Å². The van der Waals surface area contributed by atoms with Crippen LogP contribution < -0.4 is 20.1 Å². The fourth-order valence-electron chi connectivity index (χ4n) is 3.16. The van der Waals surface area contributed by atoms with E-state index in [0.717, 1.165) is 12.8 Å². The van der Waals surface area contributed by atoms with Crippen LogP contribution in [0.5, 0.6) is 5.75 Å². The molecule has 3 N–H and O–H groups in total. The summed E-state index contributed by atoms with van der Waals surface area (Å²) in [7, 11) is -2.23. The molecule has 166 valence electrons. The van der Waals surface area contributed by atoms with E-state index in [0.29, 0.717) is 23.7 Å². The van der Waals surface area contributed by atoms with Gasteiger partial charge in [-0.3, -0.25) is 9.59 Å². The van der Waals surface area contributed by atoms with Gasteiger partial charge in [0.15, 0.2) is 0 Å². The number of rotatable bonds is 8. The van der Waals surface area contributed by atoms with Gasteiger partial charge in [-0.05, 0) is 55.3 Å². The van der Waals surface area contributed by atoms with Crippen molar-refractivity contribution in [2.24, 2.45) is 0 Å². The molecule has 1 atom stereocenters. The van der Waals surface area contributed by atoms with Gasteiger partial charge >= 0.3 is 0 Å². The number of carbonyl (C=O) groups is 2. The molecule has 0 aliphatic carbocycles. The molecule has 2 aromatic rings. The van der Waals surface area contributed by atoms with E-state index < -0.39 is 15.9 Å². The van der Waals surface area contributed by atoms with Gasteiger partial charge in [-0.25, -0.2) is 13.1 Å². The van der Waals surface area contributed by atoms with Crippen molar-refractivity contribution < 1.29 is 27.5 Å². The van der Waals surface area contributed by atoms with Crippen LogP contribution in [0, 0.1) is 0 Å². The number of hydrogen-bond donors (Lipinski definition) is 3. The van der Waals surface area contributed by atoms with Crippen LogP contribution in [0.15, 0.2) is 47.4 Å². The van der Waals surface area contributed by atoms with Crippen molar-refractivity contribution >= 4 is 33.2 Å². The SMILES string of the molecule is COc1ccc(NC(C)=O)cc1NC(=O)c1ccc(S(=O)(=O)NCC2CCCO2)cc1. The molecule has 0 radical (unpaired) electrons. The Kier molecular flexibility index (Phi) is 7.26. The second kappa shape index (κ2) is 9.90. The summed E-state index contributed by atoms with van der Waals surface area (Å²) in [4.78, 5) is 24.0. The number of carbonyl (C=O) groups excluding carboxylic acids is 2. The minimum Gasteiger partial charge on any atom is -0.495 e. The van der Waals surface area contributed by atoms with Gasteiger partial charge < -0.3 is 20.1 Å². The molecule has 0 saturated carbocycles. The summed E-state index contributed by atoms with van der Waals surface area (Å²) >= 11 is 0. The summed E-state index contributed by atoms with van der Waals surface area (Å²) in [6.07, 6.45) is 1.64. The Morgan fingerprint density at radius 1 is 1.13 bits per heavy atom. The first kappa shape index (κ1) is 22.7. The molecule has 1 aliphatic rings. The van der Waals surface area contributed by atoms with Crippen molar-refractivity contribution in [3.8, 4) is 5.75 Å². The van der Waals surface area contributed by atoms with Gasteiger partial charge in [0.2, 0.25) is 15.9 Å². The monoisotopic (exact) mass is 447 g/mol. The van der Waals surface area contributed by atoms with Crippen molar-refractivity contribution in [1.29, 1.82) is 0 Å². The first-order valence-electron chi connectivity index (χ1n) is 9.77. The number of ether oxygens (including phenoxy) is 2. The predicted molar refractivity (Wildman–Crippen MR) is 116 cm³/mol. The van der Waals surface area contributed by atoms with E-state index in [1.807, 2.05) is 0 Å². The smallest absolute Gasteiger partial charge is 0.255 e. The third kappa shape index (κ3) is 6.03. The number of benzene rings is 2. The lowest BCUT2D eigenvalue weighted by Crippen LogP contribution is -2.31. The second-order valence-electron chi connectivity index (χ2n) is 7.06. The van der Waals surface area contributed by atoms with Gasteiger partial charge in [0.25, 0.3) is 5.91 Å². The highest BCUT2D eigenvalue weighted by atomic mass is 32.2. The molecule has 9 nitrogen and oxygen atoms in total. The average Bonchev–Trinajstić information content (AvgIpc) is 3.26. The largest absolute Gasteiger partial charge is 0.495 e. The average molecular weight is 448 g/mol. The summed E-state index contributed by atoms with van der Waals surface area (Å²) in [6.45, 7) is 2.25. The zero-order chi connectivity index (χ0) is 22.4. The highest BCUT2D eigenvalue weighted by molar-refractivity contribution is 7.89. The minimum absolute atomic E-state index is 0.0623. The quantitative estimate of drug-likeness (QED) is 0.571. The van der Waals surface area contributed by atoms with Crippen LogP contribution in [0.1, 0.15) is 30.1 Å². The van der Waals surface area contributed by atoms with E-state index in [-0.39, 0.29) is 29.0 Å². The number of amides is 2. The maximum absolute atomic E-state index is 12.6. The number of hydrogen-bond acceptors (Lipinski definition) is 6. The van der Waals surface area contributed by atoms with Crippen LogP contribution in [0.2, 0.25) is 0 Å². The van der Waals surface area contributed by atoms with E-state index >= 15 is 0 Å². The Morgan fingerprint density at radius 3 is 2.48 bits per heavy atom. The lowest BCUT2D eigenvalue weighted by molar-refractivity contribution is -0.114. The number of anilines is 2. The molecule has 10 heteroatoms. The van der Waals surface area contributed by atoms with E-state index in [1.165, 1.54) is 38.3 Å². The molecule has 1 unspecified atom stereocenters. The van der Waals surface area contributed by atoms with E-state index in [1.54, 1.807) is 18.2 Å². The Morgan fingerprint density at radius 2 is 1.87 bits per heavy atom. The molecule has 1 saturated heterocycles. The van der Waals surface area contributed by atoms with Crippen LogP contribution >= 0.6 is 0 Å². The first-order valence-corrected chi connectivity index (χ1v) is 11.2. The summed E-state index contributed by atoms with van der Waals surface area (Å²) in [5.41, 5.74) is 1.14. The molecule has 2 amide bonds. The summed E-state index contributed by atoms with van der Waals surface area (Å²) in [6, 6.07) is 10.5. The Bertz CT molecular complexity index is 1050. The number of nitrogens with one attached hydrogen (secondary N) is 3. The normalized spacial score (nSPS) is 16.0. The lowest BCUT2D eigenvalue weighted by Gasteiger charge is -2.13. The molecule has 2 aromatic carbocycles. The van der Waals surface area contributed by atoms with Crippen molar-refractivity contribution in [2.45, 2.75) is 30.8 Å². The molecule has 1 heterocycles. The standard InChI is InChI=1S/C21H25N3O6S/c1-14(25)23-16-7-10-20(29-2)19(12-16)24-21(26)15-5-8-18(9-6-15)31(27,28)22-13-17-4-3-11-30-17/h5-10,12,17,22H,3-4,11,13H2,1-2H3,(H,23,25)(H,24,26). The van der Waals surface area contributed by atoms with Gasteiger partial charge in [-0.1, -0.05) is 0 Å². The molecule has 0 spiro atoms. The first-order chi connectivity index (χ1) is 14.8. The summed E-state index contributed by atoms with van der Waals surface area (Å²) in [5.74, 6) is -0.276. The highest BCUT2D eigenvalue weighted by Crippen LogP contribution is 2.28. The lowest BCUT2D eigenvalue weighted by atomic mass is 10.2. The zero-order valence-corrected chi connectivity index (χ0v) is 18.1. The molecule has 3 rings (SSSR count). The highest BCUT2D eigenvalue weighted by Gasteiger charge is 2.20. The van der Waals surface area contributed by atoms with Gasteiger partial charge in [0.1, 0.15) is 5.75 Å². The molecule has 31 heavy (non-hydrogen) atoms. The maximum atomic E-state index is 12.6. The summed E-state index contributed by atoms with van der Waals surface area (Å²) in [5, 5.41) is 5.35. The van der Waals surface area contributed by atoms with E-state index in [4.69, 9.17) is 9.47 Å². The Balaban J connectivity index is 1.69. The molecule has 1 aliphatic heterocycles. The number of methoxy groups -OCH3 is 1. The van der Waals surface area contributed by atoms with Crippen molar-refractivity contribution in [3.05, 3.63) is 48.0 Å². The molecule has 1 fully saturated rings. The predicted octanol–water partition coefficient (Wildman–Crippen LogP) is 2.36. The second-order valence-corrected chi connectivity index (χ2v) is 8.83. The van der Waals surface area contributed by atoms with E-state index in [2.05, 4.69) is 15.4 Å². The van der Waals surface area contributed by atoms with E-state index in [9.17, 15) is 18.0 Å². The van der Waals surface area contributed by atoms with Crippen LogP contribution in [-0.2, 0) is 19.6 Å². The van der Waals surface area contributed by atoms with Crippen LogP contribution in [0.3, 0.4) is 0 Å². The fourth-order valence-corrected chi connectivity index (χ4v) is 4.22. The molecule has 0 aromatic heterocycles. The minimum atomic E-state index is -3.70. The van der Waals surface area contributed by atoms with Crippen LogP contribution in [0.4, 0.5) is 11.4 Å². The van der Waals surface area contributed by atoms with Gasteiger partial charge in [-0.15, -0.1) is 0 Å². The topological polar surface area (TPSA) is 123 Å². The van der Waals surface area contributed by atoms with Gasteiger partial charge in [-0.2, -0.15) is 0 Å². The van der Waals surface area contributed by atoms with Crippen molar-refractivity contribution in [3.63, 3.8) is 0 Å². The van der Waals surface area contributed by atoms with Crippen LogP contribution in [-0.4, -0.2) is 46.6 Å². The fraction of sp³-hybridized carbons (Fsp3) is 0.333. The molecular weight excluding hydrogens is 422 g/mol. The maximum Gasteiger partial charge on any atom is 0.255 e. The third-order valence-corrected chi connectivity index (χ3v) is 6.16. The zero-order valence-electron chi connectivity index (χ0n) is 17.3. The molecular formula is C21H25N3O6S. The Hall–Kier alpha value is -2.95. The van der Waals surface area contributed by atoms with Crippen molar-refractivity contribution in [2.75, 3.05) is 30.9 Å². The van der Waals surface area contributed by atoms with Gasteiger partial charge in [0.05, 0.1) is 23.8 Å². The number of sulfonamides is 1. The van der Waals surface area contributed by atoms with Crippen molar-refractivity contribution in [1.82, 2.24) is 4.72 Å². The molecule has 0 bridgehead atoms.